The summed E-state index contributed by atoms with van der Waals surface area (Å²) in [5.41, 5.74) is -0.712. The van der Waals surface area contributed by atoms with Gasteiger partial charge in [-0.05, 0) is 18.1 Å². The highest BCUT2D eigenvalue weighted by atomic mass is 35.5. The molecule has 1 aromatic rings. The average molecular weight is 315 g/mol. The molecule has 7 nitrogen and oxygen atoms in total. The molecule has 0 aliphatic carbocycles. The van der Waals surface area contributed by atoms with Crippen molar-refractivity contribution in [2.75, 3.05) is 13.2 Å². The van der Waals surface area contributed by atoms with Crippen LogP contribution in [0.4, 0.5) is 5.69 Å². The van der Waals surface area contributed by atoms with Crippen LogP contribution in [0.15, 0.2) is 18.2 Å². The first-order valence-electron chi connectivity index (χ1n) is 6.19. The van der Waals surface area contributed by atoms with Gasteiger partial charge in [0.05, 0.1) is 4.92 Å². The number of amides is 1. The van der Waals surface area contributed by atoms with Crippen molar-refractivity contribution in [2.45, 2.75) is 13.8 Å². The number of nitrogens with zero attached hydrogens (tertiary/aromatic N) is 1. The Bertz CT molecular complexity index is 559. The number of hydrogen-bond donors (Lipinski definition) is 1. The maximum Gasteiger partial charge on any atom is 0.345 e. The number of ether oxygens (including phenoxy) is 1. The van der Waals surface area contributed by atoms with Gasteiger partial charge in [-0.3, -0.25) is 14.9 Å². The van der Waals surface area contributed by atoms with Crippen LogP contribution in [0.25, 0.3) is 0 Å². The molecule has 0 aromatic heterocycles. The number of carbonyl (C=O) groups is 2. The van der Waals surface area contributed by atoms with Gasteiger partial charge < -0.3 is 10.1 Å². The van der Waals surface area contributed by atoms with E-state index in [0.29, 0.717) is 6.54 Å². The van der Waals surface area contributed by atoms with Crippen molar-refractivity contribution in [1.82, 2.24) is 5.32 Å². The number of nitro benzene ring substituents is 1. The Kier molecular flexibility index (Phi) is 6.10. The second kappa shape index (κ2) is 7.58. The maximum atomic E-state index is 11.8. The summed E-state index contributed by atoms with van der Waals surface area (Å²) in [6.45, 7) is 3.80. The van der Waals surface area contributed by atoms with Crippen molar-refractivity contribution >= 4 is 29.2 Å². The van der Waals surface area contributed by atoms with Crippen LogP contribution >= 0.6 is 11.6 Å². The van der Waals surface area contributed by atoms with Gasteiger partial charge >= 0.3 is 5.97 Å². The summed E-state index contributed by atoms with van der Waals surface area (Å²) in [7, 11) is 0. The number of nitro groups is 1. The number of rotatable bonds is 6. The molecule has 0 bridgehead atoms. The van der Waals surface area contributed by atoms with E-state index >= 15 is 0 Å². The number of hydrogen-bond acceptors (Lipinski definition) is 5. The lowest BCUT2D eigenvalue weighted by Gasteiger charge is -2.08. The molecule has 21 heavy (non-hydrogen) atoms. The molecule has 1 N–H and O–H groups in total. The van der Waals surface area contributed by atoms with E-state index in [1.807, 2.05) is 13.8 Å². The third-order valence-electron chi connectivity index (χ3n) is 2.42. The molecule has 1 aromatic carbocycles. The monoisotopic (exact) mass is 314 g/mol. The molecule has 0 spiro atoms. The summed E-state index contributed by atoms with van der Waals surface area (Å²) in [6.07, 6.45) is 0. The zero-order chi connectivity index (χ0) is 16.0. The Morgan fingerprint density at radius 1 is 1.43 bits per heavy atom. The predicted molar refractivity (Wildman–Crippen MR) is 76.2 cm³/mol. The van der Waals surface area contributed by atoms with E-state index in [2.05, 4.69) is 5.32 Å². The number of nitrogens with one attached hydrogen (secondary N) is 1. The third kappa shape index (κ3) is 5.39. The fourth-order valence-corrected chi connectivity index (χ4v) is 1.57. The summed E-state index contributed by atoms with van der Waals surface area (Å²) in [5, 5.41) is 13.6. The molecule has 114 valence electrons. The zero-order valence-corrected chi connectivity index (χ0v) is 12.3. The molecule has 0 radical (unpaired) electrons. The quantitative estimate of drug-likeness (QED) is 0.493. The van der Waals surface area contributed by atoms with Gasteiger partial charge in [-0.15, -0.1) is 0 Å². The second-order valence-electron chi connectivity index (χ2n) is 4.69. The summed E-state index contributed by atoms with van der Waals surface area (Å²) in [5.74, 6) is -1.14. The summed E-state index contributed by atoms with van der Waals surface area (Å²) >= 11 is 5.64. The van der Waals surface area contributed by atoms with Gasteiger partial charge in [0.25, 0.3) is 11.6 Å². The molecule has 0 heterocycles. The van der Waals surface area contributed by atoms with E-state index < -0.39 is 29.1 Å². The van der Waals surface area contributed by atoms with Crippen molar-refractivity contribution in [3.8, 4) is 0 Å². The first kappa shape index (κ1) is 16.9. The molecule has 0 atom stereocenters. The van der Waals surface area contributed by atoms with Gasteiger partial charge in [-0.2, -0.15) is 0 Å². The van der Waals surface area contributed by atoms with Crippen molar-refractivity contribution in [1.29, 1.82) is 0 Å². The maximum absolute atomic E-state index is 11.8. The largest absolute Gasteiger partial charge is 0.452 e. The van der Waals surface area contributed by atoms with Crippen LogP contribution in [0.5, 0.6) is 0 Å². The molecule has 0 aliphatic heterocycles. The molecule has 1 rings (SSSR count). The summed E-state index contributed by atoms with van der Waals surface area (Å²) < 4.78 is 4.75. The van der Waals surface area contributed by atoms with Gasteiger partial charge in [-0.25, -0.2) is 4.79 Å². The highest BCUT2D eigenvalue weighted by molar-refractivity contribution is 6.31. The number of benzene rings is 1. The standard InChI is InChI=1S/C13H15ClN2O5/c1-8(2)6-15-12(17)7-21-13(18)10-4-3-9(14)5-11(10)16(19)20/h3-5,8H,6-7H2,1-2H3,(H,15,17). The van der Waals surface area contributed by atoms with Crippen molar-refractivity contribution in [2.24, 2.45) is 5.92 Å². The van der Waals surface area contributed by atoms with E-state index in [-0.39, 0.29) is 16.5 Å². The van der Waals surface area contributed by atoms with Gasteiger partial charge in [0.15, 0.2) is 6.61 Å². The van der Waals surface area contributed by atoms with E-state index in [1.165, 1.54) is 12.1 Å². The van der Waals surface area contributed by atoms with Gasteiger partial charge in [0.2, 0.25) is 0 Å². The van der Waals surface area contributed by atoms with Crippen molar-refractivity contribution in [3.63, 3.8) is 0 Å². The molecular weight excluding hydrogens is 300 g/mol. The third-order valence-corrected chi connectivity index (χ3v) is 2.65. The topological polar surface area (TPSA) is 98.5 Å². The van der Waals surface area contributed by atoms with Crippen molar-refractivity contribution in [3.05, 3.63) is 38.9 Å². The van der Waals surface area contributed by atoms with Gasteiger partial charge in [0.1, 0.15) is 5.56 Å². The average Bonchev–Trinajstić information content (AvgIpc) is 2.42. The smallest absolute Gasteiger partial charge is 0.345 e. The molecule has 0 aliphatic rings. The molecule has 1 amide bonds. The predicted octanol–water partition coefficient (Wildman–Crippen LogP) is 2.18. The SMILES string of the molecule is CC(C)CNC(=O)COC(=O)c1ccc(Cl)cc1[N+](=O)[O-]. The second-order valence-corrected chi connectivity index (χ2v) is 5.13. The van der Waals surface area contributed by atoms with Gasteiger partial charge in [0, 0.05) is 17.6 Å². The number of carbonyl (C=O) groups excluding carboxylic acids is 2. The fraction of sp³-hybridized carbons (Fsp3) is 0.385. The minimum absolute atomic E-state index is 0.132. The lowest BCUT2D eigenvalue weighted by atomic mass is 10.2. The van der Waals surface area contributed by atoms with E-state index in [4.69, 9.17) is 16.3 Å². The van der Waals surface area contributed by atoms with Crippen LogP contribution in [0.3, 0.4) is 0 Å². The van der Waals surface area contributed by atoms with Gasteiger partial charge in [-0.1, -0.05) is 25.4 Å². The van der Waals surface area contributed by atoms with Crippen LogP contribution in [0.1, 0.15) is 24.2 Å². The molecule has 8 heteroatoms. The van der Waals surface area contributed by atoms with Crippen LogP contribution in [-0.2, 0) is 9.53 Å². The number of halogens is 1. The highest BCUT2D eigenvalue weighted by Crippen LogP contribution is 2.23. The molecule has 0 saturated carbocycles. The van der Waals surface area contributed by atoms with E-state index in [9.17, 15) is 19.7 Å². The normalized spacial score (nSPS) is 10.3. The van der Waals surface area contributed by atoms with E-state index in [1.54, 1.807) is 0 Å². The van der Waals surface area contributed by atoms with Crippen LogP contribution in [-0.4, -0.2) is 30.0 Å². The van der Waals surface area contributed by atoms with E-state index in [0.717, 1.165) is 6.07 Å². The van der Waals surface area contributed by atoms with Crippen LogP contribution < -0.4 is 5.32 Å². The zero-order valence-electron chi connectivity index (χ0n) is 11.6. The Labute approximate surface area is 126 Å². The molecular formula is C13H15ClN2O5. The van der Waals surface area contributed by atoms with Crippen molar-refractivity contribution < 1.29 is 19.2 Å². The fourth-order valence-electron chi connectivity index (χ4n) is 1.41. The van der Waals surface area contributed by atoms with Crippen LogP contribution in [0.2, 0.25) is 5.02 Å². The molecule has 0 saturated heterocycles. The highest BCUT2D eigenvalue weighted by Gasteiger charge is 2.22. The number of esters is 1. The lowest BCUT2D eigenvalue weighted by molar-refractivity contribution is -0.385. The lowest BCUT2D eigenvalue weighted by Crippen LogP contribution is -2.31. The minimum Gasteiger partial charge on any atom is -0.452 e. The minimum atomic E-state index is -0.946. The molecule has 0 unspecified atom stereocenters. The Balaban J connectivity index is 2.68. The van der Waals surface area contributed by atoms with Crippen LogP contribution in [0, 0.1) is 16.0 Å². The Hall–Kier alpha value is -2.15. The first-order valence-corrected chi connectivity index (χ1v) is 6.56. The Morgan fingerprint density at radius 2 is 2.10 bits per heavy atom. The summed E-state index contributed by atoms with van der Waals surface area (Å²) in [6, 6.07) is 3.58. The first-order chi connectivity index (χ1) is 9.81. The summed E-state index contributed by atoms with van der Waals surface area (Å²) in [4.78, 5) is 33.3. The Morgan fingerprint density at radius 3 is 2.67 bits per heavy atom. The molecule has 0 fully saturated rings.